The summed E-state index contributed by atoms with van der Waals surface area (Å²) in [6.07, 6.45) is 0. The highest BCUT2D eigenvalue weighted by molar-refractivity contribution is 9.10. The largest absolute Gasteiger partial charge is 0.493 e. The number of benzene rings is 1. The van der Waals surface area contributed by atoms with E-state index in [1.807, 2.05) is 13.0 Å². The average Bonchev–Trinajstić information content (AvgIpc) is 2.47. The summed E-state index contributed by atoms with van der Waals surface area (Å²) < 4.78 is 11.5. The Morgan fingerprint density at radius 3 is 2.59 bits per heavy atom. The van der Waals surface area contributed by atoms with E-state index in [-0.39, 0.29) is 17.3 Å². The number of aromatic nitrogens is 2. The number of halogens is 1. The standard InChI is InChI=1S/C14H14BrN5O2/c1-3-22-11-5-9(15)7(4-10(11)21-2)12-8(6-16)13(17)20-14(18)19-12/h4-5H,3H2,1-2H3,(H4,17,18,19,20). The molecule has 7 nitrogen and oxygen atoms in total. The van der Waals surface area contributed by atoms with Gasteiger partial charge in [0.05, 0.1) is 19.4 Å². The number of nitrogens with two attached hydrogens (primary N) is 2. The number of rotatable bonds is 4. The molecule has 2 rings (SSSR count). The van der Waals surface area contributed by atoms with Crippen molar-refractivity contribution in [2.24, 2.45) is 0 Å². The number of methoxy groups -OCH3 is 1. The molecule has 0 atom stereocenters. The Morgan fingerprint density at radius 1 is 1.27 bits per heavy atom. The van der Waals surface area contributed by atoms with Crippen molar-refractivity contribution in [2.75, 3.05) is 25.2 Å². The van der Waals surface area contributed by atoms with E-state index < -0.39 is 0 Å². The summed E-state index contributed by atoms with van der Waals surface area (Å²) >= 11 is 3.44. The lowest BCUT2D eigenvalue weighted by Gasteiger charge is -2.14. The number of nitrogens with zero attached hydrogens (tertiary/aromatic N) is 3. The fourth-order valence-corrected chi connectivity index (χ4v) is 2.46. The first-order valence-corrected chi connectivity index (χ1v) is 7.14. The van der Waals surface area contributed by atoms with Crippen LogP contribution in [-0.2, 0) is 0 Å². The molecule has 0 saturated carbocycles. The zero-order valence-electron chi connectivity index (χ0n) is 12.1. The highest BCUT2D eigenvalue weighted by atomic mass is 79.9. The van der Waals surface area contributed by atoms with Gasteiger partial charge in [-0.1, -0.05) is 0 Å². The average molecular weight is 364 g/mol. The molecular formula is C14H14BrN5O2. The van der Waals surface area contributed by atoms with E-state index in [0.717, 1.165) is 0 Å². The van der Waals surface area contributed by atoms with Crippen LogP contribution in [0.1, 0.15) is 12.5 Å². The molecule has 0 aliphatic rings. The molecule has 0 unspecified atom stereocenters. The zero-order chi connectivity index (χ0) is 16.3. The van der Waals surface area contributed by atoms with E-state index in [2.05, 4.69) is 25.9 Å². The van der Waals surface area contributed by atoms with Crippen molar-refractivity contribution in [3.05, 3.63) is 22.2 Å². The predicted octanol–water partition coefficient (Wildman–Crippen LogP) is 2.35. The number of anilines is 2. The molecular weight excluding hydrogens is 350 g/mol. The topological polar surface area (TPSA) is 120 Å². The SMILES string of the molecule is CCOc1cc(Br)c(-c2nc(N)nc(N)c2C#N)cc1OC. The minimum atomic E-state index is -0.00810. The van der Waals surface area contributed by atoms with Crippen LogP contribution in [0.2, 0.25) is 0 Å². The zero-order valence-corrected chi connectivity index (χ0v) is 13.6. The van der Waals surface area contributed by atoms with Crippen molar-refractivity contribution in [3.8, 4) is 28.8 Å². The van der Waals surface area contributed by atoms with Crippen molar-refractivity contribution in [1.29, 1.82) is 5.26 Å². The predicted molar refractivity (Wildman–Crippen MR) is 86.4 cm³/mol. The second-order valence-electron chi connectivity index (χ2n) is 4.22. The molecule has 0 amide bonds. The van der Waals surface area contributed by atoms with E-state index in [0.29, 0.717) is 33.8 Å². The van der Waals surface area contributed by atoms with E-state index in [9.17, 15) is 5.26 Å². The monoisotopic (exact) mass is 363 g/mol. The second-order valence-corrected chi connectivity index (χ2v) is 5.07. The summed E-state index contributed by atoms with van der Waals surface area (Å²) in [5.41, 5.74) is 12.5. The van der Waals surface area contributed by atoms with Crippen molar-refractivity contribution in [2.45, 2.75) is 6.92 Å². The van der Waals surface area contributed by atoms with E-state index in [1.165, 1.54) is 7.11 Å². The van der Waals surface area contributed by atoms with Crippen LogP contribution in [-0.4, -0.2) is 23.7 Å². The fraction of sp³-hybridized carbons (Fsp3) is 0.214. The molecule has 1 aromatic carbocycles. The lowest BCUT2D eigenvalue weighted by atomic mass is 10.1. The molecule has 8 heteroatoms. The lowest BCUT2D eigenvalue weighted by molar-refractivity contribution is 0.311. The van der Waals surface area contributed by atoms with Crippen LogP contribution < -0.4 is 20.9 Å². The van der Waals surface area contributed by atoms with Gasteiger partial charge in [0.1, 0.15) is 17.5 Å². The molecule has 22 heavy (non-hydrogen) atoms. The maximum Gasteiger partial charge on any atom is 0.222 e. The summed E-state index contributed by atoms with van der Waals surface area (Å²) in [6.45, 7) is 2.37. The minimum absolute atomic E-state index is 0.00810. The summed E-state index contributed by atoms with van der Waals surface area (Å²) in [4.78, 5) is 7.93. The lowest BCUT2D eigenvalue weighted by Crippen LogP contribution is -2.05. The van der Waals surface area contributed by atoms with Gasteiger partial charge in [0.15, 0.2) is 11.5 Å². The van der Waals surface area contributed by atoms with Crippen LogP contribution in [0.3, 0.4) is 0 Å². The number of ether oxygens (including phenoxy) is 2. The first-order chi connectivity index (χ1) is 10.5. The molecule has 0 saturated heterocycles. The van der Waals surface area contributed by atoms with Crippen LogP contribution in [0.5, 0.6) is 11.5 Å². The number of nitriles is 1. The highest BCUT2D eigenvalue weighted by Gasteiger charge is 2.18. The first kappa shape index (κ1) is 15.9. The Hall–Kier alpha value is -2.53. The Morgan fingerprint density at radius 2 is 2.00 bits per heavy atom. The highest BCUT2D eigenvalue weighted by Crippen LogP contribution is 2.39. The minimum Gasteiger partial charge on any atom is -0.493 e. The Kier molecular flexibility index (Phi) is 4.68. The quantitative estimate of drug-likeness (QED) is 0.854. The van der Waals surface area contributed by atoms with Gasteiger partial charge < -0.3 is 20.9 Å². The molecule has 1 aromatic heterocycles. The third kappa shape index (κ3) is 2.89. The van der Waals surface area contributed by atoms with Crippen molar-refractivity contribution in [1.82, 2.24) is 9.97 Å². The maximum atomic E-state index is 9.29. The molecule has 114 valence electrons. The van der Waals surface area contributed by atoms with Gasteiger partial charge in [0.2, 0.25) is 5.95 Å². The number of hydrogen-bond acceptors (Lipinski definition) is 7. The van der Waals surface area contributed by atoms with Gasteiger partial charge in [0.25, 0.3) is 0 Å². The molecule has 2 aromatic rings. The van der Waals surface area contributed by atoms with Crippen LogP contribution in [0.4, 0.5) is 11.8 Å². The molecule has 0 bridgehead atoms. The molecule has 0 spiro atoms. The van der Waals surface area contributed by atoms with Crippen LogP contribution in [0, 0.1) is 11.3 Å². The molecule has 0 aliphatic carbocycles. The summed E-state index contributed by atoms with van der Waals surface area (Å²) in [5.74, 6) is 1.12. The van der Waals surface area contributed by atoms with Crippen LogP contribution >= 0.6 is 15.9 Å². The normalized spacial score (nSPS) is 10.1. The molecule has 4 N–H and O–H groups in total. The van der Waals surface area contributed by atoms with Gasteiger partial charge >= 0.3 is 0 Å². The van der Waals surface area contributed by atoms with Crippen molar-refractivity contribution in [3.63, 3.8) is 0 Å². The number of nitrogen functional groups attached to an aromatic ring is 2. The Balaban J connectivity index is 2.71. The molecule has 0 radical (unpaired) electrons. The van der Waals surface area contributed by atoms with Gasteiger partial charge in [0, 0.05) is 10.0 Å². The third-order valence-corrected chi connectivity index (χ3v) is 3.53. The summed E-state index contributed by atoms with van der Waals surface area (Å²) in [6, 6.07) is 5.44. The second kappa shape index (κ2) is 6.49. The third-order valence-electron chi connectivity index (χ3n) is 2.87. The number of hydrogen-bond donors (Lipinski definition) is 2. The van der Waals surface area contributed by atoms with Gasteiger partial charge in [-0.05, 0) is 35.0 Å². The van der Waals surface area contributed by atoms with Crippen molar-refractivity contribution < 1.29 is 9.47 Å². The molecule has 1 heterocycles. The van der Waals surface area contributed by atoms with E-state index in [1.54, 1.807) is 12.1 Å². The van der Waals surface area contributed by atoms with E-state index >= 15 is 0 Å². The van der Waals surface area contributed by atoms with Gasteiger partial charge in [-0.15, -0.1) is 0 Å². The van der Waals surface area contributed by atoms with E-state index in [4.69, 9.17) is 20.9 Å². The first-order valence-electron chi connectivity index (χ1n) is 6.35. The van der Waals surface area contributed by atoms with Gasteiger partial charge in [-0.3, -0.25) is 0 Å². The Bertz CT molecular complexity index is 758. The van der Waals surface area contributed by atoms with Crippen LogP contribution in [0.15, 0.2) is 16.6 Å². The van der Waals surface area contributed by atoms with Gasteiger partial charge in [-0.25, -0.2) is 4.98 Å². The van der Waals surface area contributed by atoms with Gasteiger partial charge in [-0.2, -0.15) is 10.2 Å². The fourth-order valence-electron chi connectivity index (χ4n) is 1.95. The Labute approximate surface area is 136 Å². The maximum absolute atomic E-state index is 9.29. The smallest absolute Gasteiger partial charge is 0.222 e. The van der Waals surface area contributed by atoms with Crippen molar-refractivity contribution >= 4 is 27.7 Å². The van der Waals surface area contributed by atoms with Crippen LogP contribution in [0.25, 0.3) is 11.3 Å². The summed E-state index contributed by atoms with van der Waals surface area (Å²) in [7, 11) is 1.53. The summed E-state index contributed by atoms with van der Waals surface area (Å²) in [5, 5.41) is 9.29. The molecule has 0 fully saturated rings. The molecule has 0 aliphatic heterocycles.